The van der Waals surface area contributed by atoms with Crippen LogP contribution in [0.25, 0.3) is 21.8 Å². The molecule has 3 nitrogen and oxygen atoms in total. The van der Waals surface area contributed by atoms with E-state index < -0.39 is 0 Å². The van der Waals surface area contributed by atoms with E-state index in [4.69, 9.17) is 16.3 Å². The highest BCUT2D eigenvalue weighted by atomic mass is 35.5. The SMILES string of the molecule is COc1ccc(-c2csc(-c3ccnc(Cl)c3)n2)cc1C. The van der Waals surface area contributed by atoms with Gasteiger partial charge in [-0.3, -0.25) is 0 Å². The molecule has 2 aromatic heterocycles. The molecule has 3 rings (SSSR count). The number of halogens is 1. The number of hydrogen-bond donors (Lipinski definition) is 0. The van der Waals surface area contributed by atoms with Crippen molar-refractivity contribution in [2.75, 3.05) is 7.11 Å². The summed E-state index contributed by atoms with van der Waals surface area (Å²) in [6, 6.07) is 9.80. The second-order valence-corrected chi connectivity index (χ2v) is 5.83. The van der Waals surface area contributed by atoms with Crippen molar-refractivity contribution < 1.29 is 4.74 Å². The zero-order chi connectivity index (χ0) is 14.8. The lowest BCUT2D eigenvalue weighted by atomic mass is 10.1. The van der Waals surface area contributed by atoms with Gasteiger partial charge in [-0.25, -0.2) is 9.97 Å². The molecular formula is C16H13ClN2OS. The third-order valence-electron chi connectivity index (χ3n) is 3.17. The van der Waals surface area contributed by atoms with E-state index in [0.29, 0.717) is 5.15 Å². The Kier molecular flexibility index (Phi) is 3.90. The van der Waals surface area contributed by atoms with Gasteiger partial charge < -0.3 is 4.74 Å². The largest absolute Gasteiger partial charge is 0.496 e. The molecule has 1 aromatic carbocycles. The number of ether oxygens (including phenoxy) is 1. The second kappa shape index (κ2) is 5.84. The van der Waals surface area contributed by atoms with Crippen molar-refractivity contribution in [2.45, 2.75) is 6.92 Å². The van der Waals surface area contributed by atoms with Crippen LogP contribution >= 0.6 is 22.9 Å². The van der Waals surface area contributed by atoms with Gasteiger partial charge in [0.2, 0.25) is 0 Å². The Morgan fingerprint density at radius 2 is 2.00 bits per heavy atom. The number of pyridine rings is 1. The Balaban J connectivity index is 1.96. The molecule has 3 aromatic rings. The average Bonchev–Trinajstić information content (AvgIpc) is 2.97. The van der Waals surface area contributed by atoms with Crippen LogP contribution in [0.5, 0.6) is 5.75 Å². The molecule has 0 amide bonds. The summed E-state index contributed by atoms with van der Waals surface area (Å²) in [4.78, 5) is 8.67. The van der Waals surface area contributed by atoms with Crippen LogP contribution in [-0.2, 0) is 0 Å². The van der Waals surface area contributed by atoms with Gasteiger partial charge in [-0.15, -0.1) is 11.3 Å². The highest BCUT2D eigenvalue weighted by Gasteiger charge is 2.09. The number of aryl methyl sites for hydroxylation is 1. The molecule has 2 heterocycles. The minimum absolute atomic E-state index is 0.476. The molecule has 0 aliphatic rings. The quantitative estimate of drug-likeness (QED) is 0.648. The highest BCUT2D eigenvalue weighted by Crippen LogP contribution is 2.31. The summed E-state index contributed by atoms with van der Waals surface area (Å²) in [5, 5.41) is 3.46. The van der Waals surface area contributed by atoms with E-state index in [1.165, 1.54) is 0 Å². The lowest BCUT2D eigenvalue weighted by Gasteiger charge is -2.05. The van der Waals surface area contributed by atoms with Crippen molar-refractivity contribution >= 4 is 22.9 Å². The normalized spacial score (nSPS) is 10.6. The van der Waals surface area contributed by atoms with E-state index in [9.17, 15) is 0 Å². The Morgan fingerprint density at radius 1 is 1.14 bits per heavy atom. The molecule has 0 fully saturated rings. The van der Waals surface area contributed by atoms with Gasteiger partial charge in [-0.2, -0.15) is 0 Å². The van der Waals surface area contributed by atoms with Gasteiger partial charge in [0.1, 0.15) is 15.9 Å². The fourth-order valence-electron chi connectivity index (χ4n) is 2.11. The predicted molar refractivity (Wildman–Crippen MR) is 87.1 cm³/mol. The van der Waals surface area contributed by atoms with Crippen molar-refractivity contribution in [3.63, 3.8) is 0 Å². The van der Waals surface area contributed by atoms with Gasteiger partial charge in [-0.1, -0.05) is 11.6 Å². The monoisotopic (exact) mass is 316 g/mol. The third kappa shape index (κ3) is 2.91. The molecule has 0 unspecified atom stereocenters. The molecule has 0 spiro atoms. The maximum absolute atomic E-state index is 5.92. The van der Waals surface area contributed by atoms with Crippen LogP contribution in [0.4, 0.5) is 0 Å². The maximum atomic E-state index is 5.92. The summed E-state index contributed by atoms with van der Waals surface area (Å²) in [6.07, 6.45) is 1.69. The van der Waals surface area contributed by atoms with Crippen molar-refractivity contribution in [1.29, 1.82) is 0 Å². The number of nitrogens with zero attached hydrogens (tertiary/aromatic N) is 2. The first-order valence-electron chi connectivity index (χ1n) is 6.40. The molecular weight excluding hydrogens is 304 g/mol. The van der Waals surface area contributed by atoms with Crippen LogP contribution in [0.15, 0.2) is 41.9 Å². The lowest BCUT2D eigenvalue weighted by Crippen LogP contribution is -1.88. The number of methoxy groups -OCH3 is 1. The van der Waals surface area contributed by atoms with Gasteiger partial charge in [-0.05, 0) is 42.8 Å². The summed E-state index contributed by atoms with van der Waals surface area (Å²) in [5.74, 6) is 0.884. The van der Waals surface area contributed by atoms with E-state index >= 15 is 0 Å². The third-order valence-corrected chi connectivity index (χ3v) is 4.27. The van der Waals surface area contributed by atoms with E-state index in [1.54, 1.807) is 24.6 Å². The Bertz CT molecular complexity index is 785. The van der Waals surface area contributed by atoms with E-state index in [2.05, 4.69) is 16.0 Å². The Hall–Kier alpha value is -1.91. The molecule has 0 saturated heterocycles. The lowest BCUT2D eigenvalue weighted by molar-refractivity contribution is 0.412. The molecule has 0 atom stereocenters. The highest BCUT2D eigenvalue weighted by molar-refractivity contribution is 7.13. The molecule has 0 radical (unpaired) electrons. The van der Waals surface area contributed by atoms with Crippen LogP contribution in [-0.4, -0.2) is 17.1 Å². The zero-order valence-corrected chi connectivity index (χ0v) is 13.2. The van der Waals surface area contributed by atoms with E-state index in [0.717, 1.165) is 33.1 Å². The first-order valence-corrected chi connectivity index (χ1v) is 7.65. The molecule has 0 aliphatic heterocycles. The van der Waals surface area contributed by atoms with Crippen LogP contribution < -0.4 is 4.74 Å². The summed E-state index contributed by atoms with van der Waals surface area (Å²) >= 11 is 7.52. The Labute approximate surface area is 132 Å². The number of hydrogen-bond acceptors (Lipinski definition) is 4. The summed E-state index contributed by atoms with van der Waals surface area (Å²) in [5.41, 5.74) is 4.11. The van der Waals surface area contributed by atoms with Gasteiger partial charge in [0.25, 0.3) is 0 Å². The molecule has 0 aliphatic carbocycles. The Morgan fingerprint density at radius 3 is 2.71 bits per heavy atom. The fraction of sp³-hybridized carbons (Fsp3) is 0.125. The molecule has 21 heavy (non-hydrogen) atoms. The summed E-state index contributed by atoms with van der Waals surface area (Å²) < 4.78 is 5.28. The molecule has 0 N–H and O–H groups in total. The van der Waals surface area contributed by atoms with Crippen LogP contribution in [0.1, 0.15) is 5.56 Å². The average molecular weight is 317 g/mol. The number of rotatable bonds is 3. The molecule has 0 bridgehead atoms. The van der Waals surface area contributed by atoms with E-state index in [1.807, 2.05) is 36.6 Å². The number of benzene rings is 1. The van der Waals surface area contributed by atoms with Gasteiger partial charge in [0.05, 0.1) is 12.8 Å². The van der Waals surface area contributed by atoms with Crippen LogP contribution in [0.3, 0.4) is 0 Å². The number of aromatic nitrogens is 2. The van der Waals surface area contributed by atoms with Crippen LogP contribution in [0, 0.1) is 6.92 Å². The smallest absolute Gasteiger partial charge is 0.129 e. The second-order valence-electron chi connectivity index (χ2n) is 4.59. The predicted octanol–water partition coefficient (Wildman–Crippen LogP) is 4.84. The van der Waals surface area contributed by atoms with Gasteiger partial charge in [0.15, 0.2) is 0 Å². The van der Waals surface area contributed by atoms with Crippen LogP contribution in [0.2, 0.25) is 5.15 Å². The molecule has 5 heteroatoms. The van der Waals surface area contributed by atoms with Crippen molar-refractivity contribution in [3.05, 3.63) is 52.6 Å². The van der Waals surface area contributed by atoms with Gasteiger partial charge >= 0.3 is 0 Å². The fourth-order valence-corrected chi connectivity index (χ4v) is 3.11. The first-order chi connectivity index (χ1) is 10.2. The van der Waals surface area contributed by atoms with Gasteiger partial charge in [0, 0.05) is 22.7 Å². The minimum Gasteiger partial charge on any atom is -0.496 e. The summed E-state index contributed by atoms with van der Waals surface area (Å²) in [6.45, 7) is 2.03. The van der Waals surface area contributed by atoms with Crippen molar-refractivity contribution in [2.24, 2.45) is 0 Å². The standard InChI is InChI=1S/C16H13ClN2OS/c1-10-7-11(3-4-14(10)20-2)13-9-21-16(19-13)12-5-6-18-15(17)8-12/h3-9H,1-2H3. The first kappa shape index (κ1) is 14.0. The van der Waals surface area contributed by atoms with Crippen molar-refractivity contribution in [3.8, 4) is 27.6 Å². The minimum atomic E-state index is 0.476. The maximum Gasteiger partial charge on any atom is 0.129 e. The van der Waals surface area contributed by atoms with Crippen molar-refractivity contribution in [1.82, 2.24) is 9.97 Å². The zero-order valence-electron chi connectivity index (χ0n) is 11.6. The van der Waals surface area contributed by atoms with E-state index in [-0.39, 0.29) is 0 Å². The molecule has 106 valence electrons. The number of thiazole rings is 1. The summed E-state index contributed by atoms with van der Waals surface area (Å²) in [7, 11) is 1.68. The topological polar surface area (TPSA) is 35.0 Å². The molecule has 0 saturated carbocycles.